The van der Waals surface area contributed by atoms with Crippen molar-refractivity contribution >= 4 is 8.03 Å². The maximum Gasteiger partial charge on any atom is 2.00 e. The van der Waals surface area contributed by atoms with Gasteiger partial charge in [-0.1, -0.05) is 11.5 Å². The first-order valence-corrected chi connectivity index (χ1v) is 3.04. The Balaban J connectivity index is -0.000000125. The van der Waals surface area contributed by atoms with Gasteiger partial charge >= 0.3 is 27.5 Å². The van der Waals surface area contributed by atoms with E-state index in [1.165, 1.54) is 6.16 Å². The predicted molar refractivity (Wildman–Crippen MR) is 30.8 cm³/mol. The molecule has 0 heterocycles. The third-order valence-corrected chi connectivity index (χ3v) is 1.02. The maximum absolute atomic E-state index is 9.69. The molecule has 0 aliphatic rings. The second-order valence-corrected chi connectivity index (χ2v) is 1.86. The fraction of sp³-hybridized carbons (Fsp3) is 0.500. The summed E-state index contributed by atoms with van der Waals surface area (Å²) in [6, 6.07) is 0. The van der Waals surface area contributed by atoms with Crippen LogP contribution in [-0.2, 0) is 24.0 Å². The summed E-state index contributed by atoms with van der Waals surface area (Å²) in [7, 11) is -1.98. The van der Waals surface area contributed by atoms with Gasteiger partial charge in [0.1, 0.15) is 0 Å². The summed E-state index contributed by atoms with van der Waals surface area (Å²) < 4.78 is 9.69. The number of hydrogen-bond donors (Lipinski definition) is 1. The van der Waals surface area contributed by atoms with Gasteiger partial charge < -0.3 is 7.43 Å². The molecule has 0 amide bonds. The van der Waals surface area contributed by atoms with Crippen molar-refractivity contribution in [1.29, 1.82) is 0 Å². The van der Waals surface area contributed by atoms with E-state index in [0.717, 1.165) is 0 Å². The summed E-state index contributed by atoms with van der Waals surface area (Å²) >= 11 is 0. The Morgan fingerprint density at radius 2 is 2.12 bits per heavy atom. The minimum atomic E-state index is -1.98. The van der Waals surface area contributed by atoms with Gasteiger partial charge in [0, 0.05) is 0 Å². The van der Waals surface area contributed by atoms with Gasteiger partial charge in [0.25, 0.3) is 0 Å². The molecule has 44 valence electrons. The molecule has 4 heteroatoms. The average molecular weight is 186 g/mol. The first kappa shape index (κ1) is 15.9. The standard InChI is InChI=1S/C3H7O2P.CH3.Zn/c1-2-3-6(4)5;;/h3H,2H2,1H3,(H,4,5);1H3;/q;-1;+2. The molecular weight excluding hydrogens is 176 g/mol. The molecule has 0 saturated carbocycles. The van der Waals surface area contributed by atoms with Crippen molar-refractivity contribution in [2.24, 2.45) is 0 Å². The van der Waals surface area contributed by atoms with Crippen molar-refractivity contribution in [2.75, 3.05) is 0 Å². The van der Waals surface area contributed by atoms with Crippen LogP contribution in [0.4, 0.5) is 0 Å². The predicted octanol–water partition coefficient (Wildman–Crippen LogP) is 1.74. The Kier molecular flexibility index (Phi) is 21.1. The summed E-state index contributed by atoms with van der Waals surface area (Å²) in [5, 5.41) is 0. The summed E-state index contributed by atoms with van der Waals surface area (Å²) in [5.41, 5.74) is 0. The third kappa shape index (κ3) is 15.9. The van der Waals surface area contributed by atoms with E-state index in [-0.39, 0.29) is 26.9 Å². The van der Waals surface area contributed by atoms with Crippen molar-refractivity contribution in [3.8, 4) is 0 Å². The van der Waals surface area contributed by atoms with Gasteiger partial charge in [-0.2, -0.15) is 4.89 Å². The van der Waals surface area contributed by atoms with Crippen molar-refractivity contribution in [1.82, 2.24) is 0 Å². The first-order valence-electron chi connectivity index (χ1n) is 1.76. The molecule has 0 radical (unpaired) electrons. The van der Waals surface area contributed by atoms with Crippen LogP contribution < -0.4 is 0 Å². The zero-order valence-electron chi connectivity index (χ0n) is 5.29. The van der Waals surface area contributed by atoms with Crippen molar-refractivity contribution in [3.05, 3.63) is 13.6 Å². The Labute approximate surface area is 64.3 Å². The van der Waals surface area contributed by atoms with E-state index in [9.17, 15) is 4.57 Å². The van der Waals surface area contributed by atoms with Gasteiger partial charge in [-0.25, -0.2) is 0 Å². The molecule has 0 fully saturated rings. The molecule has 0 spiro atoms. The molecule has 8 heavy (non-hydrogen) atoms. The summed E-state index contributed by atoms with van der Waals surface area (Å²) in [6.07, 6.45) is 2.03. The zero-order chi connectivity index (χ0) is 4.99. The molecular formula is C4H10O2PZn+. The molecule has 0 aliphatic carbocycles. The van der Waals surface area contributed by atoms with Crippen LogP contribution in [0.25, 0.3) is 0 Å². The average Bonchev–Trinajstić information content (AvgIpc) is 1.35. The molecule has 1 unspecified atom stereocenters. The molecule has 0 aromatic heterocycles. The molecule has 0 bridgehead atoms. The largest absolute Gasteiger partial charge is 2.00 e. The minimum absolute atomic E-state index is 0. The van der Waals surface area contributed by atoms with Gasteiger partial charge in [0.2, 0.25) is 0 Å². The van der Waals surface area contributed by atoms with Crippen LogP contribution in [-0.4, -0.2) is 4.89 Å². The molecule has 0 rings (SSSR count). The third-order valence-electron chi connectivity index (χ3n) is 0.339. The first-order chi connectivity index (χ1) is 2.77. The second-order valence-electron chi connectivity index (χ2n) is 0.893. The molecule has 0 aliphatic heterocycles. The fourth-order valence-electron chi connectivity index (χ4n) is 0.156. The van der Waals surface area contributed by atoms with Crippen LogP contribution >= 0.6 is 8.03 Å². The van der Waals surface area contributed by atoms with Crippen LogP contribution in [0.1, 0.15) is 13.3 Å². The summed E-state index contributed by atoms with van der Waals surface area (Å²) in [5.74, 6) is 0. The Morgan fingerprint density at radius 3 is 2.12 bits per heavy atom. The Morgan fingerprint density at radius 1 is 1.75 bits per heavy atom. The van der Waals surface area contributed by atoms with Crippen molar-refractivity contribution in [3.63, 3.8) is 0 Å². The van der Waals surface area contributed by atoms with Crippen LogP contribution in [0.3, 0.4) is 0 Å². The maximum atomic E-state index is 9.69. The fourth-order valence-corrected chi connectivity index (χ4v) is 0.469. The monoisotopic (exact) mass is 185 g/mol. The molecule has 0 saturated heterocycles. The topological polar surface area (TPSA) is 37.3 Å². The van der Waals surface area contributed by atoms with Crippen LogP contribution in [0.2, 0.25) is 0 Å². The number of rotatable bonds is 2. The molecule has 2 nitrogen and oxygen atoms in total. The van der Waals surface area contributed by atoms with Crippen molar-refractivity contribution in [2.45, 2.75) is 13.3 Å². The zero-order valence-corrected chi connectivity index (χ0v) is 9.16. The van der Waals surface area contributed by atoms with Gasteiger partial charge in [-0.3, -0.25) is 0 Å². The Hall–Kier alpha value is 0.683. The SMILES string of the molecule is CC[CH-][P+](=O)O.[CH3-].[Zn+2]. The molecule has 1 N–H and O–H groups in total. The van der Waals surface area contributed by atoms with E-state index < -0.39 is 8.03 Å². The normalized spacial score (nSPS) is 8.50. The van der Waals surface area contributed by atoms with E-state index in [4.69, 9.17) is 4.89 Å². The number of hydrogen-bond acceptors (Lipinski definition) is 1. The molecule has 0 aromatic carbocycles. The second kappa shape index (κ2) is 10.6. The smallest absolute Gasteiger partial charge is 0.358 e. The van der Waals surface area contributed by atoms with E-state index >= 15 is 0 Å². The van der Waals surface area contributed by atoms with Gasteiger partial charge in [-0.05, 0) is 6.16 Å². The van der Waals surface area contributed by atoms with Crippen molar-refractivity contribution < 1.29 is 28.9 Å². The van der Waals surface area contributed by atoms with E-state index in [0.29, 0.717) is 6.42 Å². The molecule has 0 aromatic rings. The van der Waals surface area contributed by atoms with E-state index in [1.54, 1.807) is 0 Å². The van der Waals surface area contributed by atoms with Crippen LogP contribution in [0.5, 0.6) is 0 Å². The summed E-state index contributed by atoms with van der Waals surface area (Å²) in [4.78, 5) is 8.01. The van der Waals surface area contributed by atoms with Gasteiger partial charge in [-0.15, -0.1) is 6.42 Å². The van der Waals surface area contributed by atoms with Crippen LogP contribution in [0.15, 0.2) is 0 Å². The van der Waals surface area contributed by atoms with E-state index in [2.05, 4.69) is 0 Å². The quantitative estimate of drug-likeness (QED) is 0.405. The summed E-state index contributed by atoms with van der Waals surface area (Å²) in [6.45, 7) is 1.82. The minimum Gasteiger partial charge on any atom is -0.358 e. The van der Waals surface area contributed by atoms with Gasteiger partial charge in [0.05, 0.1) is 0 Å². The van der Waals surface area contributed by atoms with Crippen LogP contribution in [0, 0.1) is 13.6 Å². The van der Waals surface area contributed by atoms with E-state index in [1.807, 2.05) is 6.92 Å². The Bertz CT molecular complexity index is 58.0. The van der Waals surface area contributed by atoms with Gasteiger partial charge in [0.15, 0.2) is 0 Å². The molecule has 1 atom stereocenters.